The maximum absolute atomic E-state index is 12.1. The lowest BCUT2D eigenvalue weighted by atomic mass is 10.3. The molecule has 6 heteroatoms. The van der Waals surface area contributed by atoms with Crippen LogP contribution in [0.25, 0.3) is 0 Å². The van der Waals surface area contributed by atoms with E-state index in [0.717, 1.165) is 28.8 Å². The zero-order chi connectivity index (χ0) is 13.1. The fourth-order valence-corrected chi connectivity index (χ4v) is 3.30. The largest absolute Gasteiger partial charge is 0.341 e. The van der Waals surface area contributed by atoms with Crippen LogP contribution in [0.5, 0.6) is 0 Å². The van der Waals surface area contributed by atoms with Crippen LogP contribution in [0, 0.1) is 2.88 Å². The minimum absolute atomic E-state index is 0.0493. The Morgan fingerprint density at radius 2 is 2.11 bits per heavy atom. The summed E-state index contributed by atoms with van der Waals surface area (Å²) in [5.74, 6) is -0.0324. The highest BCUT2D eigenvalue weighted by Crippen LogP contribution is 2.18. The lowest BCUT2D eigenvalue weighted by molar-refractivity contribution is -0.130. The third kappa shape index (κ3) is 3.23. The van der Waals surface area contributed by atoms with Gasteiger partial charge in [-0.05, 0) is 41.5 Å². The molecule has 98 valence electrons. The molecule has 1 aliphatic heterocycles. The predicted molar refractivity (Wildman–Crippen MR) is 79.8 cm³/mol. The van der Waals surface area contributed by atoms with E-state index in [2.05, 4.69) is 22.6 Å². The number of halogens is 1. The monoisotopic (exact) mass is 378 g/mol. The Bertz CT molecular complexity index is 455. The number of nitrogens with zero attached hydrogens (tertiary/aromatic N) is 2. The standard InChI is InChI=1S/C12H15IN2O2S/c1-14(7-11(16)15-4-2-3-5-15)12(17)9-6-10(13)18-8-9/h6,8H,2-5,7H2,1H3. The molecule has 2 amide bonds. The van der Waals surface area contributed by atoms with E-state index in [4.69, 9.17) is 0 Å². The summed E-state index contributed by atoms with van der Waals surface area (Å²) in [6.45, 7) is 1.83. The van der Waals surface area contributed by atoms with Crippen molar-refractivity contribution in [3.05, 3.63) is 19.9 Å². The van der Waals surface area contributed by atoms with Gasteiger partial charge in [0.25, 0.3) is 5.91 Å². The molecule has 0 spiro atoms. The fourth-order valence-electron chi connectivity index (χ4n) is 1.98. The Hall–Kier alpha value is -0.630. The number of rotatable bonds is 3. The summed E-state index contributed by atoms with van der Waals surface area (Å²) < 4.78 is 1.08. The molecule has 0 bridgehead atoms. The molecule has 0 N–H and O–H groups in total. The molecular weight excluding hydrogens is 363 g/mol. The molecule has 18 heavy (non-hydrogen) atoms. The smallest absolute Gasteiger partial charge is 0.254 e. The molecule has 0 aromatic carbocycles. The first-order valence-corrected chi connectivity index (χ1v) is 7.81. The van der Waals surface area contributed by atoms with Crippen LogP contribution >= 0.6 is 33.9 Å². The molecule has 0 atom stereocenters. The number of thiophene rings is 1. The van der Waals surface area contributed by atoms with E-state index in [9.17, 15) is 9.59 Å². The van der Waals surface area contributed by atoms with Crippen molar-refractivity contribution in [1.82, 2.24) is 9.80 Å². The van der Waals surface area contributed by atoms with Crippen LogP contribution in [0.4, 0.5) is 0 Å². The van der Waals surface area contributed by atoms with Gasteiger partial charge in [-0.15, -0.1) is 11.3 Å². The molecule has 0 saturated carbocycles. The zero-order valence-corrected chi connectivity index (χ0v) is 13.2. The van der Waals surface area contributed by atoms with E-state index in [1.807, 2.05) is 16.3 Å². The van der Waals surface area contributed by atoms with Crippen molar-refractivity contribution in [3.8, 4) is 0 Å². The van der Waals surface area contributed by atoms with Gasteiger partial charge in [-0.25, -0.2) is 0 Å². The average Bonchev–Trinajstić information content (AvgIpc) is 2.98. The summed E-state index contributed by atoms with van der Waals surface area (Å²) in [7, 11) is 1.68. The van der Waals surface area contributed by atoms with Crippen LogP contribution in [0.3, 0.4) is 0 Å². The van der Waals surface area contributed by atoms with Crippen molar-refractivity contribution in [3.63, 3.8) is 0 Å². The first kappa shape index (κ1) is 13.8. The number of amides is 2. The van der Waals surface area contributed by atoms with Crippen molar-refractivity contribution in [1.29, 1.82) is 0 Å². The van der Waals surface area contributed by atoms with Gasteiger partial charge in [0.05, 0.1) is 15.0 Å². The van der Waals surface area contributed by atoms with Crippen LogP contribution < -0.4 is 0 Å². The fraction of sp³-hybridized carbons (Fsp3) is 0.500. The van der Waals surface area contributed by atoms with E-state index in [-0.39, 0.29) is 18.4 Å². The maximum atomic E-state index is 12.1. The minimum Gasteiger partial charge on any atom is -0.341 e. The maximum Gasteiger partial charge on any atom is 0.254 e. The van der Waals surface area contributed by atoms with Gasteiger partial charge in [0, 0.05) is 25.5 Å². The van der Waals surface area contributed by atoms with Crippen LogP contribution in [-0.4, -0.2) is 48.3 Å². The molecule has 2 heterocycles. The molecule has 1 fully saturated rings. The molecule has 1 aromatic heterocycles. The second-order valence-corrected chi connectivity index (χ2v) is 7.19. The first-order chi connectivity index (χ1) is 8.58. The number of hydrogen-bond donors (Lipinski definition) is 0. The van der Waals surface area contributed by atoms with E-state index >= 15 is 0 Å². The summed E-state index contributed by atoms with van der Waals surface area (Å²) in [6, 6.07) is 1.85. The zero-order valence-electron chi connectivity index (χ0n) is 10.2. The highest BCUT2D eigenvalue weighted by atomic mass is 127. The van der Waals surface area contributed by atoms with Crippen molar-refractivity contribution in [2.24, 2.45) is 0 Å². The quantitative estimate of drug-likeness (QED) is 0.756. The number of carbonyl (C=O) groups is 2. The highest BCUT2D eigenvalue weighted by Gasteiger charge is 2.22. The Labute approximate surface area is 124 Å². The topological polar surface area (TPSA) is 40.6 Å². The van der Waals surface area contributed by atoms with Crippen molar-refractivity contribution in [2.45, 2.75) is 12.8 Å². The third-order valence-corrected chi connectivity index (χ3v) is 4.78. The summed E-state index contributed by atoms with van der Waals surface area (Å²) >= 11 is 3.72. The number of likely N-dealkylation sites (N-methyl/N-ethyl adjacent to an activating group) is 1. The van der Waals surface area contributed by atoms with Crippen molar-refractivity contribution >= 4 is 45.7 Å². The SMILES string of the molecule is CN(CC(=O)N1CCCC1)C(=O)c1csc(I)c1. The molecule has 0 aliphatic carbocycles. The summed E-state index contributed by atoms with van der Waals surface area (Å²) in [4.78, 5) is 27.3. The van der Waals surface area contributed by atoms with Gasteiger partial charge < -0.3 is 9.80 Å². The second-order valence-electron chi connectivity index (χ2n) is 4.39. The van der Waals surface area contributed by atoms with Crippen LogP contribution in [-0.2, 0) is 4.79 Å². The van der Waals surface area contributed by atoms with Crippen molar-refractivity contribution < 1.29 is 9.59 Å². The Morgan fingerprint density at radius 3 is 2.67 bits per heavy atom. The highest BCUT2D eigenvalue weighted by molar-refractivity contribution is 14.1. The lowest BCUT2D eigenvalue weighted by Crippen LogP contribution is -2.39. The van der Waals surface area contributed by atoms with Crippen LogP contribution in [0.1, 0.15) is 23.2 Å². The first-order valence-electron chi connectivity index (χ1n) is 5.85. The van der Waals surface area contributed by atoms with E-state index < -0.39 is 0 Å². The van der Waals surface area contributed by atoms with Gasteiger partial charge in [0.15, 0.2) is 0 Å². The Morgan fingerprint density at radius 1 is 1.44 bits per heavy atom. The molecular formula is C12H15IN2O2S. The molecule has 4 nitrogen and oxygen atoms in total. The molecule has 2 rings (SSSR count). The number of carbonyl (C=O) groups excluding carboxylic acids is 2. The molecule has 0 radical (unpaired) electrons. The van der Waals surface area contributed by atoms with Gasteiger partial charge in [0.1, 0.15) is 0 Å². The molecule has 0 unspecified atom stereocenters. The van der Waals surface area contributed by atoms with Gasteiger partial charge in [-0.3, -0.25) is 9.59 Å². The molecule has 1 aromatic rings. The van der Waals surface area contributed by atoms with Crippen LogP contribution in [0.15, 0.2) is 11.4 Å². The summed E-state index contributed by atoms with van der Waals surface area (Å²) in [5, 5.41) is 1.83. The van der Waals surface area contributed by atoms with Crippen LogP contribution in [0.2, 0.25) is 0 Å². The van der Waals surface area contributed by atoms with E-state index in [0.29, 0.717) is 5.56 Å². The summed E-state index contributed by atoms with van der Waals surface area (Å²) in [5.41, 5.74) is 0.668. The van der Waals surface area contributed by atoms with Gasteiger partial charge in [-0.1, -0.05) is 0 Å². The van der Waals surface area contributed by atoms with Crippen molar-refractivity contribution in [2.75, 3.05) is 26.7 Å². The van der Waals surface area contributed by atoms with Gasteiger partial charge in [-0.2, -0.15) is 0 Å². The predicted octanol–water partition coefficient (Wildman–Crippen LogP) is 2.05. The van der Waals surface area contributed by atoms with Gasteiger partial charge >= 0.3 is 0 Å². The Balaban J connectivity index is 1.92. The number of likely N-dealkylation sites (tertiary alicyclic amines) is 1. The minimum atomic E-state index is -0.0817. The number of hydrogen-bond acceptors (Lipinski definition) is 3. The Kier molecular flexibility index (Phi) is 4.60. The summed E-state index contributed by atoms with van der Waals surface area (Å²) in [6.07, 6.45) is 2.15. The van der Waals surface area contributed by atoms with E-state index in [1.165, 1.54) is 16.2 Å². The normalized spacial score (nSPS) is 14.9. The molecule has 1 saturated heterocycles. The van der Waals surface area contributed by atoms with E-state index in [1.54, 1.807) is 7.05 Å². The lowest BCUT2D eigenvalue weighted by Gasteiger charge is -2.21. The van der Waals surface area contributed by atoms with Gasteiger partial charge in [0.2, 0.25) is 5.91 Å². The third-order valence-electron chi connectivity index (χ3n) is 2.99. The molecule has 1 aliphatic rings. The average molecular weight is 378 g/mol. The second kappa shape index (κ2) is 6.01.